The molecule has 4 bridgehead atoms. The number of hydrogen-bond acceptors (Lipinski definition) is 4. The number of benzene rings is 1. The van der Waals surface area contributed by atoms with Crippen LogP contribution in [0.15, 0.2) is 23.1 Å². The predicted molar refractivity (Wildman–Crippen MR) is 101 cm³/mol. The monoisotopic (exact) mass is 374 g/mol. The number of amides is 2. The summed E-state index contributed by atoms with van der Waals surface area (Å²) in [7, 11) is 1.55. The second-order valence-electron chi connectivity index (χ2n) is 8.17. The van der Waals surface area contributed by atoms with Gasteiger partial charge in [-0.2, -0.15) is 0 Å². The van der Waals surface area contributed by atoms with Crippen LogP contribution in [0.2, 0.25) is 0 Å². The molecule has 0 saturated heterocycles. The fraction of sp³-hybridized carbons (Fsp3) is 0.600. The summed E-state index contributed by atoms with van der Waals surface area (Å²) in [5.74, 6) is 2.25. The van der Waals surface area contributed by atoms with E-state index in [0.717, 1.165) is 24.2 Å². The van der Waals surface area contributed by atoms with E-state index in [0.29, 0.717) is 29.1 Å². The fourth-order valence-electron chi connectivity index (χ4n) is 5.69. The molecule has 0 unspecified atom stereocenters. The quantitative estimate of drug-likeness (QED) is 0.626. The van der Waals surface area contributed by atoms with Crippen LogP contribution in [0.3, 0.4) is 0 Å². The highest BCUT2D eigenvalue weighted by Crippen LogP contribution is 2.60. The number of hydrazine groups is 1. The summed E-state index contributed by atoms with van der Waals surface area (Å²) >= 11 is 1.59. The third-order valence-electron chi connectivity index (χ3n) is 6.46. The molecule has 0 atom stereocenters. The minimum atomic E-state index is -0.340. The van der Waals surface area contributed by atoms with Crippen LogP contribution in [-0.4, -0.2) is 25.2 Å². The van der Waals surface area contributed by atoms with Crippen LogP contribution in [0.1, 0.15) is 48.9 Å². The molecule has 4 fully saturated rings. The molecule has 0 aromatic heterocycles. The molecule has 6 heteroatoms. The predicted octanol–water partition coefficient (Wildman–Crippen LogP) is 3.39. The lowest BCUT2D eigenvalue weighted by Crippen LogP contribution is -2.56. The van der Waals surface area contributed by atoms with Crippen molar-refractivity contribution in [3.63, 3.8) is 0 Å². The molecule has 4 saturated carbocycles. The van der Waals surface area contributed by atoms with E-state index in [-0.39, 0.29) is 17.2 Å². The van der Waals surface area contributed by atoms with E-state index in [9.17, 15) is 9.59 Å². The summed E-state index contributed by atoms with van der Waals surface area (Å²) in [6.07, 6.45) is 8.78. The lowest BCUT2D eigenvalue weighted by molar-refractivity contribution is -0.147. The summed E-state index contributed by atoms with van der Waals surface area (Å²) in [6, 6.07) is 5.44. The standard InChI is InChI=1S/C20H26N2O3S/c1-25-17-8-15(26-2)3-4-16(17)18(23)21-22-19(24)20-9-12-5-13(10-20)7-14(6-12)11-20/h3-4,8,12-14H,5-7,9-11H2,1-2H3,(H,21,23)(H,22,24). The number of rotatable bonds is 4. The summed E-state index contributed by atoms with van der Waals surface area (Å²) in [6.45, 7) is 0. The molecule has 140 valence electrons. The number of ether oxygens (including phenoxy) is 1. The van der Waals surface area contributed by atoms with Crippen LogP contribution >= 0.6 is 11.8 Å². The molecule has 4 aliphatic carbocycles. The van der Waals surface area contributed by atoms with Gasteiger partial charge in [-0.1, -0.05) is 0 Å². The van der Waals surface area contributed by atoms with Gasteiger partial charge in [0, 0.05) is 4.90 Å². The molecule has 26 heavy (non-hydrogen) atoms. The molecule has 2 amide bonds. The zero-order valence-corrected chi connectivity index (χ0v) is 16.2. The first kappa shape index (κ1) is 17.7. The van der Waals surface area contributed by atoms with Gasteiger partial charge in [-0.15, -0.1) is 11.8 Å². The van der Waals surface area contributed by atoms with Crippen molar-refractivity contribution < 1.29 is 14.3 Å². The average molecular weight is 375 g/mol. The van der Waals surface area contributed by atoms with Crippen LogP contribution in [0.5, 0.6) is 5.75 Å². The molecule has 4 aliphatic rings. The van der Waals surface area contributed by atoms with Gasteiger partial charge in [-0.25, -0.2) is 0 Å². The Kier molecular flexibility index (Phi) is 4.63. The van der Waals surface area contributed by atoms with Crippen molar-refractivity contribution in [3.05, 3.63) is 23.8 Å². The molecule has 5 rings (SSSR count). The number of nitrogens with one attached hydrogen (secondary N) is 2. The fourth-order valence-corrected chi connectivity index (χ4v) is 6.12. The van der Waals surface area contributed by atoms with Crippen LogP contribution in [0.25, 0.3) is 0 Å². The Labute approximate surface area is 158 Å². The van der Waals surface area contributed by atoms with Gasteiger partial charge in [0.2, 0.25) is 5.91 Å². The van der Waals surface area contributed by atoms with E-state index >= 15 is 0 Å². The highest BCUT2D eigenvalue weighted by molar-refractivity contribution is 7.98. The minimum Gasteiger partial charge on any atom is -0.496 e. The average Bonchev–Trinajstić information content (AvgIpc) is 2.64. The van der Waals surface area contributed by atoms with Gasteiger partial charge in [-0.3, -0.25) is 20.4 Å². The largest absolute Gasteiger partial charge is 0.496 e. The van der Waals surface area contributed by atoms with E-state index in [1.807, 2.05) is 18.4 Å². The van der Waals surface area contributed by atoms with Crippen molar-refractivity contribution in [1.29, 1.82) is 0 Å². The Morgan fingerprint density at radius 2 is 1.69 bits per heavy atom. The lowest BCUT2D eigenvalue weighted by atomic mass is 9.49. The molecule has 2 N–H and O–H groups in total. The van der Waals surface area contributed by atoms with E-state index in [2.05, 4.69) is 10.9 Å². The normalized spacial score (nSPS) is 31.5. The first-order valence-corrected chi connectivity index (χ1v) is 10.6. The highest BCUT2D eigenvalue weighted by Gasteiger charge is 2.54. The topological polar surface area (TPSA) is 67.4 Å². The van der Waals surface area contributed by atoms with Gasteiger partial charge in [0.05, 0.1) is 18.1 Å². The number of carbonyl (C=O) groups is 2. The molecule has 0 spiro atoms. The molecule has 0 radical (unpaired) electrons. The van der Waals surface area contributed by atoms with Crippen LogP contribution in [-0.2, 0) is 4.79 Å². The van der Waals surface area contributed by atoms with Gasteiger partial charge >= 0.3 is 0 Å². The Hall–Kier alpha value is -1.69. The maximum absolute atomic E-state index is 12.9. The number of carbonyl (C=O) groups excluding carboxylic acids is 2. The molecule has 0 aliphatic heterocycles. The molecule has 1 aromatic carbocycles. The Morgan fingerprint density at radius 1 is 1.08 bits per heavy atom. The second-order valence-corrected chi connectivity index (χ2v) is 9.05. The zero-order chi connectivity index (χ0) is 18.3. The maximum atomic E-state index is 12.9. The SMILES string of the molecule is COc1cc(SC)ccc1C(=O)NNC(=O)C12CC3CC(CC(C3)C1)C2. The molecular formula is C20H26N2O3S. The van der Waals surface area contributed by atoms with Crippen LogP contribution in [0.4, 0.5) is 0 Å². The van der Waals surface area contributed by atoms with Gasteiger partial charge in [-0.05, 0) is 80.7 Å². The summed E-state index contributed by atoms with van der Waals surface area (Å²) in [5, 5.41) is 0. The van der Waals surface area contributed by atoms with Gasteiger partial charge in [0.25, 0.3) is 5.91 Å². The Balaban J connectivity index is 1.43. The molecule has 5 nitrogen and oxygen atoms in total. The van der Waals surface area contributed by atoms with Crippen molar-refractivity contribution in [3.8, 4) is 5.75 Å². The third kappa shape index (κ3) is 3.08. The molecule has 0 heterocycles. The van der Waals surface area contributed by atoms with E-state index in [1.165, 1.54) is 19.3 Å². The highest BCUT2D eigenvalue weighted by atomic mass is 32.2. The first-order valence-electron chi connectivity index (χ1n) is 9.36. The van der Waals surface area contributed by atoms with Crippen LogP contribution < -0.4 is 15.6 Å². The van der Waals surface area contributed by atoms with Crippen molar-refractivity contribution in [2.75, 3.05) is 13.4 Å². The van der Waals surface area contributed by atoms with E-state index in [1.54, 1.807) is 24.9 Å². The summed E-state index contributed by atoms with van der Waals surface area (Å²) < 4.78 is 5.33. The van der Waals surface area contributed by atoms with E-state index < -0.39 is 0 Å². The lowest BCUT2D eigenvalue weighted by Gasteiger charge is -2.55. The second kappa shape index (κ2) is 6.80. The van der Waals surface area contributed by atoms with Crippen molar-refractivity contribution in [2.45, 2.75) is 43.4 Å². The van der Waals surface area contributed by atoms with Crippen molar-refractivity contribution in [2.24, 2.45) is 23.2 Å². The van der Waals surface area contributed by atoms with Gasteiger partial charge in [0.15, 0.2) is 0 Å². The minimum absolute atomic E-state index is 0.00958. The van der Waals surface area contributed by atoms with Crippen LogP contribution in [0, 0.1) is 23.2 Å². The van der Waals surface area contributed by atoms with Crippen molar-refractivity contribution in [1.82, 2.24) is 10.9 Å². The van der Waals surface area contributed by atoms with Gasteiger partial charge in [0.1, 0.15) is 5.75 Å². The number of thioether (sulfide) groups is 1. The van der Waals surface area contributed by atoms with E-state index in [4.69, 9.17) is 4.74 Å². The van der Waals surface area contributed by atoms with Gasteiger partial charge < -0.3 is 4.74 Å². The molecular weight excluding hydrogens is 348 g/mol. The Morgan fingerprint density at radius 3 is 2.23 bits per heavy atom. The van der Waals surface area contributed by atoms with Crippen molar-refractivity contribution >= 4 is 23.6 Å². The number of methoxy groups -OCH3 is 1. The Bertz CT molecular complexity index is 698. The smallest absolute Gasteiger partial charge is 0.273 e. The molecule has 1 aromatic rings. The zero-order valence-electron chi connectivity index (χ0n) is 15.3. The number of hydrogen-bond donors (Lipinski definition) is 2. The third-order valence-corrected chi connectivity index (χ3v) is 7.19. The summed E-state index contributed by atoms with van der Waals surface area (Å²) in [5.41, 5.74) is 5.49. The summed E-state index contributed by atoms with van der Waals surface area (Å²) in [4.78, 5) is 26.5. The maximum Gasteiger partial charge on any atom is 0.273 e. The first-order chi connectivity index (χ1) is 12.5.